The number of carbonyl (C=O) groups is 2. The number of aromatic nitrogens is 2. The molecule has 26 heavy (non-hydrogen) atoms. The fraction of sp³-hybridized carbons (Fsp3) is 0.412. The summed E-state index contributed by atoms with van der Waals surface area (Å²) < 4.78 is 11.1. The predicted molar refractivity (Wildman–Crippen MR) is 95.8 cm³/mol. The van der Waals surface area contributed by atoms with Crippen LogP contribution in [0.5, 0.6) is 11.5 Å². The Bertz CT molecular complexity index is 853. The second kappa shape index (κ2) is 6.91. The zero-order chi connectivity index (χ0) is 18.1. The van der Waals surface area contributed by atoms with Crippen molar-refractivity contribution < 1.29 is 19.1 Å². The number of fused-ring (bicyclic) bond motifs is 1. The molecule has 2 aliphatic rings. The standard InChI is InChI=1S/C17H18N4O4S/c1-2-14-19-20-17(26-14)18-16(23)10-7-15(22)21(9-10)11-3-4-12-13(8-11)25-6-5-24-12/h3-4,8,10H,2,5-7,9H2,1H3,(H,18,20,23)/t10-/m0/s1. The average molecular weight is 374 g/mol. The highest BCUT2D eigenvalue weighted by molar-refractivity contribution is 7.15. The number of carbonyl (C=O) groups excluding carboxylic acids is 2. The van der Waals surface area contributed by atoms with E-state index in [-0.39, 0.29) is 18.2 Å². The summed E-state index contributed by atoms with van der Waals surface area (Å²) in [5.41, 5.74) is 0.707. The van der Waals surface area contributed by atoms with Crippen LogP contribution in [0.4, 0.5) is 10.8 Å². The van der Waals surface area contributed by atoms with Gasteiger partial charge in [0.05, 0.1) is 5.92 Å². The van der Waals surface area contributed by atoms with Crippen molar-refractivity contribution in [3.8, 4) is 11.5 Å². The molecule has 136 valence electrons. The average Bonchev–Trinajstić information content (AvgIpc) is 3.27. The number of hydrogen-bond acceptors (Lipinski definition) is 7. The largest absolute Gasteiger partial charge is 0.486 e. The van der Waals surface area contributed by atoms with Gasteiger partial charge < -0.3 is 19.7 Å². The van der Waals surface area contributed by atoms with Crippen molar-refractivity contribution in [1.82, 2.24) is 10.2 Å². The first-order chi connectivity index (χ1) is 12.6. The van der Waals surface area contributed by atoms with Gasteiger partial charge in [-0.25, -0.2) is 0 Å². The molecule has 9 heteroatoms. The summed E-state index contributed by atoms with van der Waals surface area (Å²) >= 11 is 1.35. The topological polar surface area (TPSA) is 93.7 Å². The predicted octanol–water partition coefficient (Wildman–Crippen LogP) is 1.86. The number of anilines is 2. The Balaban J connectivity index is 1.45. The lowest BCUT2D eigenvalue weighted by Crippen LogP contribution is -2.28. The van der Waals surface area contributed by atoms with Crippen molar-refractivity contribution in [1.29, 1.82) is 0 Å². The number of amides is 2. The van der Waals surface area contributed by atoms with Crippen LogP contribution in [0.15, 0.2) is 18.2 Å². The molecule has 2 amide bonds. The van der Waals surface area contributed by atoms with E-state index in [2.05, 4.69) is 15.5 Å². The molecule has 0 unspecified atom stereocenters. The zero-order valence-electron chi connectivity index (χ0n) is 14.2. The fourth-order valence-electron chi connectivity index (χ4n) is 2.99. The van der Waals surface area contributed by atoms with Gasteiger partial charge in [0.2, 0.25) is 16.9 Å². The number of nitrogens with zero attached hydrogens (tertiary/aromatic N) is 3. The second-order valence-electron chi connectivity index (χ2n) is 6.08. The molecule has 0 bridgehead atoms. The highest BCUT2D eigenvalue weighted by atomic mass is 32.1. The van der Waals surface area contributed by atoms with Crippen LogP contribution in [0.3, 0.4) is 0 Å². The van der Waals surface area contributed by atoms with Gasteiger partial charge in [0.1, 0.15) is 18.2 Å². The molecule has 0 saturated carbocycles. The smallest absolute Gasteiger partial charge is 0.231 e. The van der Waals surface area contributed by atoms with Gasteiger partial charge in [-0.3, -0.25) is 9.59 Å². The number of aryl methyl sites for hydroxylation is 1. The van der Waals surface area contributed by atoms with Gasteiger partial charge >= 0.3 is 0 Å². The van der Waals surface area contributed by atoms with E-state index < -0.39 is 5.92 Å². The van der Waals surface area contributed by atoms with Gasteiger partial charge in [-0.1, -0.05) is 18.3 Å². The molecule has 1 N–H and O–H groups in total. The molecule has 1 atom stereocenters. The van der Waals surface area contributed by atoms with Crippen LogP contribution in [-0.4, -0.2) is 41.8 Å². The van der Waals surface area contributed by atoms with Crippen LogP contribution < -0.4 is 19.7 Å². The minimum absolute atomic E-state index is 0.0895. The SMILES string of the molecule is CCc1nnc(NC(=O)[C@H]2CC(=O)N(c3ccc4c(c3)OCCO4)C2)s1. The van der Waals surface area contributed by atoms with Crippen LogP contribution in [0.25, 0.3) is 0 Å². The van der Waals surface area contributed by atoms with E-state index in [1.165, 1.54) is 11.3 Å². The maximum Gasteiger partial charge on any atom is 0.231 e. The fourth-order valence-corrected chi connectivity index (χ4v) is 3.67. The number of nitrogens with one attached hydrogen (secondary N) is 1. The first kappa shape index (κ1) is 16.8. The summed E-state index contributed by atoms with van der Waals surface area (Å²) in [6.07, 6.45) is 0.938. The second-order valence-corrected chi connectivity index (χ2v) is 7.14. The molecule has 1 aromatic heterocycles. The van der Waals surface area contributed by atoms with Crippen molar-refractivity contribution in [3.63, 3.8) is 0 Å². The number of benzene rings is 1. The summed E-state index contributed by atoms with van der Waals surface area (Å²) in [5.74, 6) is 0.564. The normalized spacial score (nSPS) is 18.9. The molecule has 3 heterocycles. The summed E-state index contributed by atoms with van der Waals surface area (Å²) in [6.45, 7) is 3.30. The minimum Gasteiger partial charge on any atom is -0.486 e. The third-order valence-corrected chi connectivity index (χ3v) is 5.32. The molecule has 8 nitrogen and oxygen atoms in total. The van der Waals surface area contributed by atoms with Crippen LogP contribution in [0.1, 0.15) is 18.4 Å². The molecule has 0 spiro atoms. The van der Waals surface area contributed by atoms with Crippen LogP contribution >= 0.6 is 11.3 Å². The molecule has 4 rings (SSSR count). The Morgan fingerprint density at radius 3 is 2.88 bits per heavy atom. The highest BCUT2D eigenvalue weighted by Gasteiger charge is 2.36. The van der Waals surface area contributed by atoms with Crippen molar-refractivity contribution >= 4 is 34.0 Å². The van der Waals surface area contributed by atoms with Crippen molar-refractivity contribution in [2.45, 2.75) is 19.8 Å². The maximum absolute atomic E-state index is 12.5. The van der Waals surface area contributed by atoms with Gasteiger partial charge in [-0.05, 0) is 18.6 Å². The van der Waals surface area contributed by atoms with E-state index in [1.54, 1.807) is 17.0 Å². The third-order valence-electron chi connectivity index (χ3n) is 4.33. The monoisotopic (exact) mass is 374 g/mol. The third kappa shape index (κ3) is 3.22. The first-order valence-electron chi connectivity index (χ1n) is 8.47. The van der Waals surface area contributed by atoms with Gasteiger partial charge in [0.15, 0.2) is 11.5 Å². The summed E-state index contributed by atoms with van der Waals surface area (Å²) in [7, 11) is 0. The molecular weight excluding hydrogens is 356 g/mol. The minimum atomic E-state index is -0.426. The zero-order valence-corrected chi connectivity index (χ0v) is 15.0. The van der Waals surface area contributed by atoms with E-state index in [4.69, 9.17) is 9.47 Å². The summed E-state index contributed by atoms with van der Waals surface area (Å²) in [5, 5.41) is 12.0. The Morgan fingerprint density at radius 1 is 1.31 bits per heavy atom. The molecule has 1 fully saturated rings. The number of hydrogen-bond donors (Lipinski definition) is 1. The van der Waals surface area contributed by atoms with Crippen molar-refractivity contribution in [2.75, 3.05) is 30.0 Å². The Labute approximate surface area is 154 Å². The van der Waals surface area contributed by atoms with E-state index >= 15 is 0 Å². The lowest BCUT2D eigenvalue weighted by atomic mass is 10.1. The first-order valence-corrected chi connectivity index (χ1v) is 9.29. The van der Waals surface area contributed by atoms with E-state index in [1.807, 2.05) is 13.0 Å². The lowest BCUT2D eigenvalue weighted by molar-refractivity contribution is -0.122. The Morgan fingerprint density at radius 2 is 2.12 bits per heavy atom. The molecule has 1 aromatic carbocycles. The molecule has 0 aliphatic carbocycles. The van der Waals surface area contributed by atoms with Crippen molar-refractivity contribution in [2.24, 2.45) is 5.92 Å². The Kier molecular flexibility index (Phi) is 4.46. The summed E-state index contributed by atoms with van der Waals surface area (Å²) in [4.78, 5) is 26.5. The van der Waals surface area contributed by atoms with Crippen molar-refractivity contribution in [3.05, 3.63) is 23.2 Å². The van der Waals surface area contributed by atoms with Crippen LogP contribution in [-0.2, 0) is 16.0 Å². The van der Waals surface area contributed by atoms with Gasteiger partial charge in [0, 0.05) is 24.7 Å². The molecular formula is C17H18N4O4S. The Hall–Kier alpha value is -2.68. The lowest BCUT2D eigenvalue weighted by Gasteiger charge is -2.22. The van der Waals surface area contributed by atoms with Gasteiger partial charge in [-0.2, -0.15) is 0 Å². The van der Waals surface area contributed by atoms with E-state index in [0.29, 0.717) is 42.1 Å². The highest BCUT2D eigenvalue weighted by Crippen LogP contribution is 2.36. The number of ether oxygens (including phenoxy) is 2. The molecule has 1 saturated heterocycles. The molecule has 2 aromatic rings. The molecule has 2 aliphatic heterocycles. The van der Waals surface area contributed by atoms with Crippen LogP contribution in [0.2, 0.25) is 0 Å². The van der Waals surface area contributed by atoms with E-state index in [9.17, 15) is 9.59 Å². The van der Waals surface area contributed by atoms with E-state index in [0.717, 1.165) is 11.4 Å². The van der Waals surface area contributed by atoms with Gasteiger partial charge in [0.25, 0.3) is 0 Å². The molecule has 0 radical (unpaired) electrons. The quantitative estimate of drug-likeness (QED) is 0.878. The van der Waals surface area contributed by atoms with Crippen LogP contribution in [0, 0.1) is 5.92 Å². The van der Waals surface area contributed by atoms with Gasteiger partial charge in [-0.15, -0.1) is 10.2 Å². The maximum atomic E-state index is 12.5. The summed E-state index contributed by atoms with van der Waals surface area (Å²) in [6, 6.07) is 5.38. The number of rotatable bonds is 4.